The number of nitro benzene ring substituents is 1. The van der Waals surface area contributed by atoms with Crippen LogP contribution in [0.1, 0.15) is 10.4 Å². The quantitative estimate of drug-likeness (QED) is 0.455. The Balaban J connectivity index is 1.66. The molecule has 0 aromatic heterocycles. The van der Waals surface area contributed by atoms with Gasteiger partial charge in [-0.25, -0.2) is 0 Å². The monoisotopic (exact) mass is 384 g/mol. The number of carbonyl (C=O) groups excluding carboxylic acids is 1. The molecule has 0 atom stereocenters. The summed E-state index contributed by atoms with van der Waals surface area (Å²) in [5, 5.41) is 13.9. The highest BCUT2D eigenvalue weighted by Crippen LogP contribution is 2.30. The molecule has 0 unspecified atom stereocenters. The summed E-state index contributed by atoms with van der Waals surface area (Å²) in [6.45, 7) is 0. The van der Waals surface area contributed by atoms with Crippen molar-refractivity contribution >= 4 is 40.6 Å². The van der Waals surface area contributed by atoms with Gasteiger partial charge in [0.05, 0.1) is 15.5 Å². The summed E-state index contributed by atoms with van der Waals surface area (Å²) in [4.78, 5) is 24.3. The molecule has 0 heterocycles. The van der Waals surface area contributed by atoms with E-state index in [-0.39, 0.29) is 11.6 Å². The van der Waals surface area contributed by atoms with Crippen LogP contribution in [0.25, 0.3) is 0 Å². The van der Waals surface area contributed by atoms with Gasteiger partial charge in [0.1, 0.15) is 0 Å². The molecular weight excluding hydrogens is 372 g/mol. The molecule has 1 amide bonds. The van der Waals surface area contributed by atoms with Crippen LogP contribution in [-0.2, 0) is 0 Å². The fraction of sp³-hybridized carbons (Fsp3) is 0. The molecule has 26 heavy (non-hydrogen) atoms. The fourth-order valence-electron chi connectivity index (χ4n) is 2.22. The van der Waals surface area contributed by atoms with Gasteiger partial charge in [-0.2, -0.15) is 0 Å². The molecule has 1 N–H and O–H groups in total. The van der Waals surface area contributed by atoms with E-state index in [2.05, 4.69) is 5.32 Å². The first-order chi connectivity index (χ1) is 12.5. The number of nitrogens with zero attached hydrogens (tertiary/aromatic N) is 1. The van der Waals surface area contributed by atoms with E-state index in [1.165, 1.54) is 23.9 Å². The number of nitro groups is 1. The maximum atomic E-state index is 12.2. The highest BCUT2D eigenvalue weighted by Gasteiger charge is 2.10. The third kappa shape index (κ3) is 4.41. The Kier molecular flexibility index (Phi) is 5.55. The van der Waals surface area contributed by atoms with Crippen molar-refractivity contribution in [2.75, 3.05) is 5.32 Å². The molecule has 0 aliphatic carbocycles. The van der Waals surface area contributed by atoms with Crippen LogP contribution < -0.4 is 5.32 Å². The highest BCUT2D eigenvalue weighted by molar-refractivity contribution is 7.99. The van der Waals surface area contributed by atoms with Crippen molar-refractivity contribution in [1.29, 1.82) is 0 Å². The number of halogens is 1. The predicted octanol–water partition coefficient (Wildman–Crippen LogP) is 5.65. The summed E-state index contributed by atoms with van der Waals surface area (Å²) >= 11 is 7.50. The smallest absolute Gasteiger partial charge is 0.269 e. The number of non-ortho nitro benzene ring substituents is 1. The molecule has 5 nitrogen and oxygen atoms in total. The van der Waals surface area contributed by atoms with Gasteiger partial charge in [-0.1, -0.05) is 35.5 Å². The van der Waals surface area contributed by atoms with Gasteiger partial charge >= 0.3 is 0 Å². The predicted molar refractivity (Wildman–Crippen MR) is 103 cm³/mol. The Labute approximate surface area is 159 Å². The van der Waals surface area contributed by atoms with Crippen molar-refractivity contribution < 1.29 is 9.72 Å². The van der Waals surface area contributed by atoms with Crippen LogP contribution in [0.5, 0.6) is 0 Å². The van der Waals surface area contributed by atoms with Crippen molar-refractivity contribution in [3.05, 3.63) is 93.5 Å². The summed E-state index contributed by atoms with van der Waals surface area (Å²) in [5.41, 5.74) is 1.13. The number of benzene rings is 3. The van der Waals surface area contributed by atoms with Crippen molar-refractivity contribution in [2.45, 2.75) is 9.79 Å². The van der Waals surface area contributed by atoms with E-state index >= 15 is 0 Å². The lowest BCUT2D eigenvalue weighted by Crippen LogP contribution is -2.12. The molecule has 0 bridgehead atoms. The van der Waals surface area contributed by atoms with Crippen LogP contribution in [0.3, 0.4) is 0 Å². The van der Waals surface area contributed by atoms with Gasteiger partial charge in [-0.3, -0.25) is 14.9 Å². The molecule has 0 saturated heterocycles. The molecule has 3 aromatic carbocycles. The van der Waals surface area contributed by atoms with Crippen LogP contribution in [0.4, 0.5) is 11.4 Å². The van der Waals surface area contributed by atoms with E-state index in [1.807, 2.05) is 12.1 Å². The minimum Gasteiger partial charge on any atom is -0.322 e. The van der Waals surface area contributed by atoms with Crippen molar-refractivity contribution in [1.82, 2.24) is 0 Å². The largest absolute Gasteiger partial charge is 0.322 e. The SMILES string of the molecule is O=C(Nc1ccc(Sc2ccc([N+](=O)[O-])cc2)cc1)c1ccccc1Cl. The van der Waals surface area contributed by atoms with Crippen LogP contribution >= 0.6 is 23.4 Å². The molecule has 130 valence electrons. The Bertz CT molecular complexity index is 944. The van der Waals surface area contributed by atoms with E-state index in [4.69, 9.17) is 11.6 Å². The first kappa shape index (κ1) is 18.0. The van der Waals surface area contributed by atoms with E-state index in [0.717, 1.165) is 9.79 Å². The van der Waals surface area contributed by atoms with Gasteiger partial charge in [0, 0.05) is 27.6 Å². The first-order valence-electron chi connectivity index (χ1n) is 7.61. The van der Waals surface area contributed by atoms with Crippen LogP contribution in [0.2, 0.25) is 5.02 Å². The number of anilines is 1. The lowest BCUT2D eigenvalue weighted by molar-refractivity contribution is -0.384. The third-order valence-electron chi connectivity index (χ3n) is 3.51. The van der Waals surface area contributed by atoms with Gasteiger partial charge < -0.3 is 5.32 Å². The minimum atomic E-state index is -0.426. The summed E-state index contributed by atoms with van der Waals surface area (Å²) in [5.74, 6) is -0.272. The number of rotatable bonds is 5. The molecule has 3 aromatic rings. The highest BCUT2D eigenvalue weighted by atomic mass is 35.5. The number of nitrogens with one attached hydrogen (secondary N) is 1. The molecule has 0 fully saturated rings. The maximum absolute atomic E-state index is 12.2. The molecule has 0 saturated carbocycles. The van der Waals surface area contributed by atoms with E-state index in [0.29, 0.717) is 16.3 Å². The maximum Gasteiger partial charge on any atom is 0.269 e. The normalized spacial score (nSPS) is 10.3. The van der Waals surface area contributed by atoms with E-state index < -0.39 is 4.92 Å². The van der Waals surface area contributed by atoms with E-state index in [1.54, 1.807) is 48.5 Å². The zero-order valence-corrected chi connectivity index (χ0v) is 15.0. The Hall–Kier alpha value is -2.83. The molecular formula is C19H13ClN2O3S. The average molecular weight is 385 g/mol. The summed E-state index contributed by atoms with van der Waals surface area (Å²) < 4.78 is 0. The zero-order valence-electron chi connectivity index (χ0n) is 13.4. The lowest BCUT2D eigenvalue weighted by Gasteiger charge is -2.08. The van der Waals surface area contributed by atoms with Crippen molar-refractivity contribution in [2.24, 2.45) is 0 Å². The minimum absolute atomic E-state index is 0.0620. The van der Waals surface area contributed by atoms with Gasteiger partial charge in [0.2, 0.25) is 0 Å². The lowest BCUT2D eigenvalue weighted by atomic mass is 10.2. The van der Waals surface area contributed by atoms with Gasteiger partial charge in [-0.15, -0.1) is 0 Å². The van der Waals surface area contributed by atoms with Crippen LogP contribution in [-0.4, -0.2) is 10.8 Å². The van der Waals surface area contributed by atoms with Gasteiger partial charge in [-0.05, 0) is 48.5 Å². The second-order valence-electron chi connectivity index (χ2n) is 5.31. The molecule has 0 spiro atoms. The number of carbonyl (C=O) groups is 1. The first-order valence-corrected chi connectivity index (χ1v) is 8.80. The number of hydrogen-bond donors (Lipinski definition) is 1. The van der Waals surface area contributed by atoms with Crippen molar-refractivity contribution in [3.8, 4) is 0 Å². The Morgan fingerprint density at radius 1 is 0.923 bits per heavy atom. The summed E-state index contributed by atoms with van der Waals surface area (Å²) in [6.07, 6.45) is 0. The standard InChI is InChI=1S/C19H13ClN2O3S/c20-18-4-2-1-3-17(18)19(23)21-13-5-9-15(10-6-13)26-16-11-7-14(8-12-16)22(24)25/h1-12H,(H,21,23). The molecule has 0 radical (unpaired) electrons. The number of amides is 1. The zero-order chi connectivity index (χ0) is 18.5. The van der Waals surface area contributed by atoms with Crippen LogP contribution in [0, 0.1) is 10.1 Å². The fourth-order valence-corrected chi connectivity index (χ4v) is 3.26. The summed E-state index contributed by atoms with van der Waals surface area (Å²) in [6, 6.07) is 20.5. The second-order valence-corrected chi connectivity index (χ2v) is 6.87. The van der Waals surface area contributed by atoms with Gasteiger partial charge in [0.25, 0.3) is 11.6 Å². The average Bonchev–Trinajstić information content (AvgIpc) is 2.64. The van der Waals surface area contributed by atoms with Gasteiger partial charge in [0.15, 0.2) is 0 Å². The molecule has 0 aliphatic rings. The number of hydrogen-bond acceptors (Lipinski definition) is 4. The second kappa shape index (κ2) is 8.03. The summed E-state index contributed by atoms with van der Waals surface area (Å²) in [7, 11) is 0. The Morgan fingerprint density at radius 3 is 2.08 bits per heavy atom. The molecule has 3 rings (SSSR count). The molecule has 0 aliphatic heterocycles. The van der Waals surface area contributed by atoms with Crippen LogP contribution in [0.15, 0.2) is 82.6 Å². The molecule has 7 heteroatoms. The topological polar surface area (TPSA) is 72.2 Å². The Morgan fingerprint density at radius 2 is 1.50 bits per heavy atom. The third-order valence-corrected chi connectivity index (χ3v) is 4.86. The van der Waals surface area contributed by atoms with Crippen molar-refractivity contribution in [3.63, 3.8) is 0 Å². The van der Waals surface area contributed by atoms with E-state index in [9.17, 15) is 14.9 Å².